The van der Waals surface area contributed by atoms with Gasteiger partial charge in [0.05, 0.1) is 25.1 Å². The summed E-state index contributed by atoms with van der Waals surface area (Å²) < 4.78 is 19.8. The molecule has 0 amide bonds. The van der Waals surface area contributed by atoms with Gasteiger partial charge in [-0.1, -0.05) is 43.9 Å². The molecule has 1 saturated heterocycles. The molecule has 0 atom stereocenters. The normalized spacial score (nSPS) is 16.1. The minimum atomic E-state index is -1.17. The summed E-state index contributed by atoms with van der Waals surface area (Å²) in [4.78, 5) is 9.28. The zero-order chi connectivity index (χ0) is 22.9. The maximum absolute atomic E-state index is 6.11. The molecule has 0 bridgehead atoms. The second-order valence-corrected chi connectivity index (χ2v) is 15.2. The number of rotatable bonds is 8. The average Bonchev–Trinajstić information content (AvgIpc) is 3.33. The molecule has 32 heavy (non-hydrogen) atoms. The van der Waals surface area contributed by atoms with Crippen molar-refractivity contribution in [3.63, 3.8) is 0 Å². The number of nitrogen functional groups attached to an aromatic ring is 1. The Hall–Kier alpha value is -2.30. The lowest BCUT2D eigenvalue weighted by Crippen LogP contribution is -2.22. The first-order valence-corrected chi connectivity index (χ1v) is 14.7. The number of ether oxygens (including phenoxy) is 3. The van der Waals surface area contributed by atoms with Gasteiger partial charge in [0.1, 0.15) is 12.2 Å². The number of aryl methyl sites for hydroxylation is 1. The van der Waals surface area contributed by atoms with Crippen LogP contribution in [-0.4, -0.2) is 42.4 Å². The van der Waals surface area contributed by atoms with Crippen molar-refractivity contribution in [1.29, 1.82) is 0 Å². The Kier molecular flexibility index (Phi) is 6.37. The molecule has 0 unspecified atom stereocenters. The summed E-state index contributed by atoms with van der Waals surface area (Å²) in [6, 6.07) is 9.41. The number of fused-ring (bicyclic) bond motifs is 1. The van der Waals surface area contributed by atoms with E-state index in [4.69, 9.17) is 20.1 Å². The van der Waals surface area contributed by atoms with Gasteiger partial charge in [0.15, 0.2) is 17.3 Å². The van der Waals surface area contributed by atoms with Gasteiger partial charge in [0.25, 0.3) is 0 Å². The van der Waals surface area contributed by atoms with Gasteiger partial charge in [-0.15, -0.1) is 0 Å². The number of nitrogens with zero attached hydrogens (tertiary/aromatic N) is 3. The largest absolute Gasteiger partial charge is 0.361 e. The van der Waals surface area contributed by atoms with Crippen LogP contribution in [0.3, 0.4) is 0 Å². The van der Waals surface area contributed by atoms with Gasteiger partial charge in [0.2, 0.25) is 0 Å². The SMILES string of the molecule is Cc1c(-c2ccc(C3(C)OCCO3)cc2)n(COCC[Si](C)(C)C)c2ncc(NN)nc12. The Bertz CT molecular complexity index is 1090. The zero-order valence-electron chi connectivity index (χ0n) is 19.6. The third-order valence-electron chi connectivity index (χ3n) is 5.87. The van der Waals surface area contributed by atoms with E-state index in [0.29, 0.717) is 25.8 Å². The number of benzene rings is 1. The zero-order valence-corrected chi connectivity index (χ0v) is 20.6. The number of hydrazine groups is 1. The van der Waals surface area contributed by atoms with E-state index in [-0.39, 0.29) is 0 Å². The predicted molar refractivity (Wildman–Crippen MR) is 129 cm³/mol. The quantitative estimate of drug-likeness (QED) is 0.227. The molecule has 0 spiro atoms. The van der Waals surface area contributed by atoms with Gasteiger partial charge in [-0.2, -0.15) is 0 Å². The molecule has 3 heterocycles. The lowest BCUT2D eigenvalue weighted by atomic mass is 10.0. The molecular weight excluding hydrogens is 422 g/mol. The van der Waals surface area contributed by atoms with Crippen LogP contribution in [0.1, 0.15) is 18.1 Å². The van der Waals surface area contributed by atoms with Crippen LogP contribution in [0.5, 0.6) is 0 Å². The number of nitrogens with two attached hydrogens (primary N) is 1. The minimum Gasteiger partial charge on any atom is -0.361 e. The molecule has 2 aromatic heterocycles. The summed E-state index contributed by atoms with van der Waals surface area (Å²) in [7, 11) is -1.17. The van der Waals surface area contributed by atoms with Crippen molar-refractivity contribution in [3.05, 3.63) is 41.6 Å². The first-order valence-electron chi connectivity index (χ1n) is 11.0. The molecule has 172 valence electrons. The average molecular weight is 456 g/mol. The highest BCUT2D eigenvalue weighted by Gasteiger charge is 2.33. The molecule has 1 aliphatic rings. The fourth-order valence-corrected chi connectivity index (χ4v) is 4.72. The lowest BCUT2D eigenvalue weighted by molar-refractivity contribution is -0.149. The van der Waals surface area contributed by atoms with Gasteiger partial charge in [-0.3, -0.25) is 4.57 Å². The Balaban J connectivity index is 1.71. The minimum absolute atomic E-state index is 0.417. The van der Waals surface area contributed by atoms with E-state index in [9.17, 15) is 0 Å². The number of anilines is 1. The van der Waals surface area contributed by atoms with E-state index in [1.807, 2.05) is 6.92 Å². The van der Waals surface area contributed by atoms with E-state index in [1.165, 1.54) is 0 Å². The summed E-state index contributed by atoms with van der Waals surface area (Å²) in [5, 5.41) is 0. The van der Waals surface area contributed by atoms with Crippen molar-refractivity contribution in [3.8, 4) is 11.3 Å². The van der Waals surface area contributed by atoms with Crippen LogP contribution in [-0.2, 0) is 26.7 Å². The lowest BCUT2D eigenvalue weighted by Gasteiger charge is -2.23. The van der Waals surface area contributed by atoms with Crippen LogP contribution in [0, 0.1) is 6.92 Å². The van der Waals surface area contributed by atoms with Crippen LogP contribution < -0.4 is 11.3 Å². The highest BCUT2D eigenvalue weighted by molar-refractivity contribution is 6.76. The molecule has 3 N–H and O–H groups in total. The van der Waals surface area contributed by atoms with Crippen LogP contribution >= 0.6 is 0 Å². The van der Waals surface area contributed by atoms with Gasteiger partial charge in [-0.05, 0) is 25.5 Å². The molecule has 9 heteroatoms. The maximum Gasteiger partial charge on any atom is 0.192 e. The molecule has 0 radical (unpaired) electrons. The van der Waals surface area contributed by atoms with E-state index in [0.717, 1.165) is 46.2 Å². The standard InChI is InChI=1S/C23H33N5O3Si/c1-16-20-22(25-14-19(26-20)27-24)28(15-29-12-13-32(3,4)5)21(16)17-6-8-18(9-7-17)23(2)30-10-11-31-23/h6-9,14H,10-13,15,24H2,1-5H3,(H,26,27). The van der Waals surface area contributed by atoms with E-state index in [2.05, 4.69) is 70.8 Å². The molecule has 1 aliphatic heterocycles. The van der Waals surface area contributed by atoms with Gasteiger partial charge in [0, 0.05) is 25.8 Å². The third-order valence-corrected chi connectivity index (χ3v) is 7.58. The van der Waals surface area contributed by atoms with Crippen molar-refractivity contribution < 1.29 is 14.2 Å². The fourth-order valence-electron chi connectivity index (χ4n) is 3.97. The smallest absolute Gasteiger partial charge is 0.192 e. The summed E-state index contributed by atoms with van der Waals surface area (Å²) >= 11 is 0. The van der Waals surface area contributed by atoms with Crippen LogP contribution in [0.2, 0.25) is 25.7 Å². The summed E-state index contributed by atoms with van der Waals surface area (Å²) in [6.07, 6.45) is 1.64. The fraction of sp³-hybridized carbons (Fsp3) is 0.478. The second-order valence-electron chi connectivity index (χ2n) is 9.54. The Morgan fingerprint density at radius 2 is 1.88 bits per heavy atom. The summed E-state index contributed by atoms with van der Waals surface area (Å²) in [6.45, 7) is 13.4. The highest BCUT2D eigenvalue weighted by atomic mass is 28.3. The van der Waals surface area contributed by atoms with Gasteiger partial charge in [-0.25, -0.2) is 15.8 Å². The van der Waals surface area contributed by atoms with E-state index < -0.39 is 13.9 Å². The highest BCUT2D eigenvalue weighted by Crippen LogP contribution is 2.35. The van der Waals surface area contributed by atoms with Crippen molar-refractivity contribution in [1.82, 2.24) is 14.5 Å². The van der Waals surface area contributed by atoms with Crippen molar-refractivity contribution in [2.45, 2.75) is 52.1 Å². The molecular formula is C23H33N5O3Si. The van der Waals surface area contributed by atoms with Gasteiger partial charge < -0.3 is 19.6 Å². The Morgan fingerprint density at radius 1 is 1.19 bits per heavy atom. The number of nitrogens with one attached hydrogen (secondary N) is 1. The van der Waals surface area contributed by atoms with Crippen LogP contribution in [0.25, 0.3) is 22.4 Å². The van der Waals surface area contributed by atoms with Crippen molar-refractivity contribution >= 4 is 25.1 Å². The third kappa shape index (κ3) is 4.57. The van der Waals surface area contributed by atoms with Crippen LogP contribution in [0.4, 0.5) is 5.82 Å². The van der Waals surface area contributed by atoms with Crippen molar-refractivity contribution in [2.24, 2.45) is 5.84 Å². The molecule has 1 fully saturated rings. The van der Waals surface area contributed by atoms with Crippen LogP contribution in [0.15, 0.2) is 30.5 Å². The van der Waals surface area contributed by atoms with Gasteiger partial charge >= 0.3 is 0 Å². The topological polar surface area (TPSA) is 96.5 Å². The first kappa shape index (κ1) is 22.9. The molecule has 0 saturated carbocycles. The molecule has 3 aromatic rings. The summed E-state index contributed by atoms with van der Waals surface area (Å²) in [5.41, 5.74) is 8.30. The Morgan fingerprint density at radius 3 is 2.50 bits per heavy atom. The monoisotopic (exact) mass is 455 g/mol. The molecule has 1 aromatic carbocycles. The number of hydrogen-bond acceptors (Lipinski definition) is 7. The Labute approximate surface area is 190 Å². The van der Waals surface area contributed by atoms with Crippen molar-refractivity contribution in [2.75, 3.05) is 25.2 Å². The first-order chi connectivity index (χ1) is 15.2. The summed E-state index contributed by atoms with van der Waals surface area (Å²) in [5.74, 6) is 5.41. The predicted octanol–water partition coefficient (Wildman–Crippen LogP) is 4.22. The molecule has 8 nitrogen and oxygen atoms in total. The second kappa shape index (κ2) is 8.91. The van der Waals surface area contributed by atoms with E-state index >= 15 is 0 Å². The van der Waals surface area contributed by atoms with E-state index in [1.54, 1.807) is 6.20 Å². The number of aromatic nitrogens is 3. The maximum atomic E-state index is 6.11. The number of hydrogen-bond donors (Lipinski definition) is 2. The molecule has 0 aliphatic carbocycles. The molecule has 4 rings (SSSR count).